The van der Waals surface area contributed by atoms with Crippen molar-refractivity contribution < 1.29 is 4.21 Å². The van der Waals surface area contributed by atoms with Gasteiger partial charge in [0.2, 0.25) is 11.7 Å². The van der Waals surface area contributed by atoms with Crippen molar-refractivity contribution in [1.29, 1.82) is 0 Å². The quantitative estimate of drug-likeness (QED) is 0.307. The molecule has 0 rings (SSSR count). The van der Waals surface area contributed by atoms with Gasteiger partial charge in [0.25, 0.3) is 0 Å². The third-order valence-electron chi connectivity index (χ3n) is 1.46. The molecule has 0 aliphatic rings. The van der Waals surface area contributed by atoms with E-state index >= 15 is 0 Å². The fourth-order valence-electron chi connectivity index (χ4n) is 0.854. The van der Waals surface area contributed by atoms with Crippen LogP contribution in [0.25, 0.3) is 0 Å². The van der Waals surface area contributed by atoms with Crippen LogP contribution in [0.3, 0.4) is 0 Å². The predicted molar refractivity (Wildman–Crippen MR) is 56.1 cm³/mol. The largest absolute Gasteiger partial charge is 0.545 e. The van der Waals surface area contributed by atoms with Crippen LogP contribution in [-0.4, -0.2) is 0 Å². The molecule has 3 heteroatoms. The second kappa shape index (κ2) is 16.8. The van der Waals surface area contributed by atoms with E-state index in [1.165, 1.54) is 38.5 Å². The highest BCUT2D eigenvalue weighted by Gasteiger charge is 1.83. The number of unbranched alkanes of at least 4 members (excludes halogenated alkanes) is 5. The Labute approximate surface area is 79.3 Å². The zero-order valence-electron chi connectivity index (χ0n) is 7.51. The van der Waals surface area contributed by atoms with Gasteiger partial charge in [0.15, 0.2) is 0 Å². The summed E-state index contributed by atoms with van der Waals surface area (Å²) in [5.74, 6) is 0. The van der Waals surface area contributed by atoms with Crippen LogP contribution in [-0.2, 0) is 14.9 Å². The molecule has 0 spiro atoms. The average Bonchev–Trinajstić information content (AvgIpc) is 2.00. The third kappa shape index (κ3) is 25.2. The molecule has 0 aliphatic heterocycles. The summed E-state index contributed by atoms with van der Waals surface area (Å²) in [6, 6.07) is 0. The first-order valence-electron chi connectivity index (χ1n) is 4.26. The SMILES string of the molecule is CCCCCCCC.O=[S+]S. The standard InChI is InChI=1S/C8H18.OS2/c1-3-5-7-8-6-4-2;1-3-2/h3-8H2,1-2H3;/p+1. The molecule has 0 fully saturated rings. The summed E-state index contributed by atoms with van der Waals surface area (Å²) in [5, 5.41) is 0. The highest BCUT2D eigenvalue weighted by atomic mass is 33.1. The molecule has 0 saturated carbocycles. The molecule has 0 aromatic carbocycles. The first-order valence-corrected chi connectivity index (χ1v) is 6.06. The van der Waals surface area contributed by atoms with Gasteiger partial charge in [0, 0.05) is 0 Å². The lowest BCUT2D eigenvalue weighted by Crippen LogP contribution is -1.73. The summed E-state index contributed by atoms with van der Waals surface area (Å²) < 4.78 is 8.71. The van der Waals surface area contributed by atoms with Gasteiger partial charge in [-0.15, -0.1) is 0 Å². The molecule has 11 heavy (non-hydrogen) atoms. The summed E-state index contributed by atoms with van der Waals surface area (Å²) in [6.45, 7) is 4.51. The van der Waals surface area contributed by atoms with Crippen molar-refractivity contribution in [2.45, 2.75) is 52.4 Å². The first-order chi connectivity index (χ1) is 5.33. The minimum absolute atomic E-state index is 0.194. The Hall–Kier alpha value is 0.370. The van der Waals surface area contributed by atoms with Crippen molar-refractivity contribution in [3.8, 4) is 0 Å². The van der Waals surface area contributed by atoms with Crippen LogP contribution < -0.4 is 0 Å². The van der Waals surface area contributed by atoms with E-state index in [-0.39, 0.29) is 10.7 Å². The van der Waals surface area contributed by atoms with Gasteiger partial charge in [-0.05, 0) is 0 Å². The van der Waals surface area contributed by atoms with E-state index in [0.29, 0.717) is 0 Å². The molecule has 0 radical (unpaired) electrons. The molecular weight excluding hydrogens is 176 g/mol. The summed E-state index contributed by atoms with van der Waals surface area (Å²) >= 11 is 3.15. The normalized spacial score (nSPS) is 8.27. The molecule has 0 atom stereocenters. The van der Waals surface area contributed by atoms with Crippen LogP contribution in [0.2, 0.25) is 0 Å². The molecule has 0 aromatic rings. The van der Waals surface area contributed by atoms with E-state index in [9.17, 15) is 0 Å². The second-order valence-corrected chi connectivity index (χ2v) is 3.09. The van der Waals surface area contributed by atoms with Gasteiger partial charge in [-0.3, -0.25) is 0 Å². The maximum atomic E-state index is 8.71. The Morgan fingerprint density at radius 1 is 1.00 bits per heavy atom. The van der Waals surface area contributed by atoms with E-state index in [1.807, 2.05) is 0 Å². The van der Waals surface area contributed by atoms with E-state index in [2.05, 4.69) is 25.5 Å². The lowest BCUT2D eigenvalue weighted by Gasteiger charge is -1.93. The molecule has 0 unspecified atom stereocenters. The van der Waals surface area contributed by atoms with Crippen LogP contribution in [0.5, 0.6) is 0 Å². The molecule has 0 bridgehead atoms. The van der Waals surface area contributed by atoms with Gasteiger partial charge >= 0.3 is 10.7 Å². The fraction of sp³-hybridized carbons (Fsp3) is 1.00. The van der Waals surface area contributed by atoms with Crippen molar-refractivity contribution in [2.24, 2.45) is 0 Å². The number of rotatable bonds is 5. The monoisotopic (exact) mass is 195 g/mol. The highest BCUT2D eigenvalue weighted by molar-refractivity contribution is 8.51. The van der Waals surface area contributed by atoms with E-state index < -0.39 is 0 Å². The van der Waals surface area contributed by atoms with E-state index in [0.717, 1.165) is 0 Å². The summed E-state index contributed by atoms with van der Waals surface area (Å²) in [6.07, 6.45) is 8.49. The van der Waals surface area contributed by atoms with Crippen LogP contribution in [0, 0.1) is 0 Å². The van der Waals surface area contributed by atoms with Crippen LogP contribution >= 0.6 is 11.7 Å². The highest BCUT2D eigenvalue weighted by Crippen LogP contribution is 2.03. The first kappa shape index (κ1) is 13.9. The molecule has 0 heterocycles. The van der Waals surface area contributed by atoms with Crippen molar-refractivity contribution in [2.75, 3.05) is 0 Å². The van der Waals surface area contributed by atoms with Crippen molar-refractivity contribution >= 4 is 22.4 Å². The molecule has 0 N–H and O–H groups in total. The second-order valence-electron chi connectivity index (χ2n) is 2.49. The van der Waals surface area contributed by atoms with Gasteiger partial charge in [-0.25, -0.2) is 0 Å². The van der Waals surface area contributed by atoms with Gasteiger partial charge in [-0.2, -0.15) is 0 Å². The number of hydrogen-bond donors (Lipinski definition) is 1. The minimum Gasteiger partial charge on any atom is -0.0654 e. The fourth-order valence-corrected chi connectivity index (χ4v) is 0.854. The Kier molecular flexibility index (Phi) is 21.2. The zero-order valence-corrected chi connectivity index (χ0v) is 9.22. The summed E-state index contributed by atoms with van der Waals surface area (Å²) in [4.78, 5) is 0. The van der Waals surface area contributed by atoms with Crippen molar-refractivity contribution in [3.05, 3.63) is 0 Å². The lowest BCUT2D eigenvalue weighted by molar-refractivity contribution is 0.611. The Morgan fingerprint density at radius 3 is 1.45 bits per heavy atom. The smallest absolute Gasteiger partial charge is 0.0654 e. The maximum absolute atomic E-state index is 8.71. The minimum atomic E-state index is 0.194. The van der Waals surface area contributed by atoms with Crippen LogP contribution in [0.1, 0.15) is 52.4 Å². The summed E-state index contributed by atoms with van der Waals surface area (Å²) in [5.41, 5.74) is 0. The van der Waals surface area contributed by atoms with E-state index in [1.54, 1.807) is 0 Å². The van der Waals surface area contributed by atoms with Crippen molar-refractivity contribution in [3.63, 3.8) is 0 Å². The topological polar surface area (TPSA) is 17.1 Å². The van der Waals surface area contributed by atoms with Gasteiger partial charge in [-0.1, -0.05) is 52.4 Å². The van der Waals surface area contributed by atoms with E-state index in [4.69, 9.17) is 4.21 Å². The molecular formula is C8H19OS2+. The third-order valence-corrected chi connectivity index (χ3v) is 1.46. The lowest BCUT2D eigenvalue weighted by atomic mass is 10.1. The molecule has 0 aliphatic carbocycles. The molecule has 0 saturated heterocycles. The van der Waals surface area contributed by atoms with Crippen LogP contribution in [0.4, 0.5) is 0 Å². The Bertz CT molecular complexity index is 61.1. The Morgan fingerprint density at radius 2 is 1.27 bits per heavy atom. The molecule has 0 aromatic heterocycles. The van der Waals surface area contributed by atoms with Gasteiger partial charge in [0.1, 0.15) is 0 Å². The van der Waals surface area contributed by atoms with Crippen molar-refractivity contribution in [1.82, 2.24) is 0 Å². The zero-order chi connectivity index (χ0) is 8.95. The van der Waals surface area contributed by atoms with Crippen LogP contribution in [0.15, 0.2) is 0 Å². The molecule has 68 valence electrons. The Balaban J connectivity index is 0. The number of hydrogen-bond acceptors (Lipinski definition) is 1. The summed E-state index contributed by atoms with van der Waals surface area (Å²) in [7, 11) is 0.194. The average molecular weight is 195 g/mol. The number of thiol groups is 1. The maximum Gasteiger partial charge on any atom is 0.545 e. The predicted octanol–water partition coefficient (Wildman–Crippen LogP) is 3.63. The van der Waals surface area contributed by atoms with Gasteiger partial charge in [0.05, 0.1) is 4.21 Å². The molecule has 0 amide bonds. The molecule has 1 nitrogen and oxygen atoms in total. The van der Waals surface area contributed by atoms with Gasteiger partial charge < -0.3 is 0 Å².